The van der Waals surface area contributed by atoms with Gasteiger partial charge in [-0.2, -0.15) is 4.99 Å². The number of aromatic nitrogens is 1. The zero-order valence-corrected chi connectivity index (χ0v) is 20.0. The average molecular weight is 515 g/mol. The third-order valence-electron chi connectivity index (χ3n) is 4.60. The number of amides is 3. The van der Waals surface area contributed by atoms with E-state index < -0.39 is 0 Å². The van der Waals surface area contributed by atoms with Gasteiger partial charge in [-0.1, -0.05) is 27.3 Å². The van der Waals surface area contributed by atoms with Gasteiger partial charge < -0.3 is 19.1 Å². The van der Waals surface area contributed by atoms with Crippen molar-refractivity contribution in [3.63, 3.8) is 0 Å². The Morgan fingerprint density at radius 3 is 2.57 bits per heavy atom. The molecule has 0 aliphatic carbocycles. The predicted octanol–water partition coefficient (Wildman–Crippen LogP) is 2.46. The number of hydrogen-bond acceptors (Lipinski definition) is 6. The lowest BCUT2D eigenvalue weighted by atomic mass is 10.3. The molecule has 1 aromatic carbocycles. The summed E-state index contributed by atoms with van der Waals surface area (Å²) in [4.78, 5) is 44.5. The van der Waals surface area contributed by atoms with E-state index in [1.165, 1.54) is 23.1 Å². The zero-order chi connectivity index (χ0) is 21.7. The van der Waals surface area contributed by atoms with Crippen molar-refractivity contribution in [2.75, 3.05) is 44.3 Å². The number of carbonyl (C=O) groups is 3. The number of thiazole rings is 1. The second kappa shape index (κ2) is 10.5. The second-order valence-electron chi connectivity index (χ2n) is 6.62. The summed E-state index contributed by atoms with van der Waals surface area (Å²) in [6.07, 6.45) is -0.340. The van der Waals surface area contributed by atoms with Crippen molar-refractivity contribution >= 4 is 67.2 Å². The lowest BCUT2D eigenvalue weighted by Crippen LogP contribution is -2.51. The van der Waals surface area contributed by atoms with Crippen LogP contribution in [0.5, 0.6) is 0 Å². The molecular formula is C19H23BrN4O4S2. The van der Waals surface area contributed by atoms with Gasteiger partial charge in [0.05, 0.1) is 28.3 Å². The predicted molar refractivity (Wildman–Crippen MR) is 122 cm³/mol. The molecule has 1 aromatic heterocycles. The minimum atomic E-state index is -0.340. The summed E-state index contributed by atoms with van der Waals surface area (Å²) in [5.74, 6) is 0.0632. The van der Waals surface area contributed by atoms with E-state index in [0.717, 1.165) is 14.7 Å². The first-order valence-electron chi connectivity index (χ1n) is 9.49. The number of benzene rings is 1. The number of rotatable bonds is 5. The lowest BCUT2D eigenvalue weighted by molar-refractivity contribution is -0.129. The molecule has 3 rings (SSSR count). The molecule has 3 amide bonds. The van der Waals surface area contributed by atoms with Crippen LogP contribution in [0, 0.1) is 0 Å². The Morgan fingerprint density at radius 1 is 1.17 bits per heavy atom. The number of carbonyl (C=O) groups excluding carboxylic acids is 3. The maximum absolute atomic E-state index is 12.4. The van der Waals surface area contributed by atoms with E-state index in [4.69, 9.17) is 4.74 Å². The molecule has 1 aliphatic heterocycles. The maximum Gasteiger partial charge on any atom is 0.409 e. The van der Waals surface area contributed by atoms with Gasteiger partial charge >= 0.3 is 6.09 Å². The SMILES string of the molecule is CCOC(=O)N1CCN(C(=O)CSCC(=O)N=c2sc3cc(Br)ccc3n2C)CC1. The van der Waals surface area contributed by atoms with Gasteiger partial charge in [0.25, 0.3) is 5.91 Å². The van der Waals surface area contributed by atoms with Crippen LogP contribution in [-0.2, 0) is 21.4 Å². The molecule has 8 nitrogen and oxygen atoms in total. The highest BCUT2D eigenvalue weighted by Gasteiger charge is 2.24. The van der Waals surface area contributed by atoms with Gasteiger partial charge in [-0.3, -0.25) is 9.59 Å². The van der Waals surface area contributed by atoms with Crippen LogP contribution in [0.15, 0.2) is 27.7 Å². The molecule has 30 heavy (non-hydrogen) atoms. The topological polar surface area (TPSA) is 84.2 Å². The normalized spacial score (nSPS) is 15.0. The van der Waals surface area contributed by atoms with Crippen molar-refractivity contribution in [3.8, 4) is 0 Å². The molecule has 11 heteroatoms. The van der Waals surface area contributed by atoms with Crippen LogP contribution >= 0.6 is 39.0 Å². The molecule has 0 atom stereocenters. The van der Waals surface area contributed by atoms with E-state index in [1.54, 1.807) is 16.7 Å². The van der Waals surface area contributed by atoms with Gasteiger partial charge in [0.2, 0.25) is 5.91 Å². The number of nitrogens with zero attached hydrogens (tertiary/aromatic N) is 4. The standard InChI is InChI=1S/C19H23BrN4O4S2/c1-3-28-19(27)24-8-6-23(7-9-24)17(26)12-29-11-16(25)21-18-22(2)14-5-4-13(20)10-15(14)30-18/h4-5,10H,3,6-9,11-12H2,1-2H3. The van der Waals surface area contributed by atoms with Crippen LogP contribution < -0.4 is 4.80 Å². The summed E-state index contributed by atoms with van der Waals surface area (Å²) < 4.78 is 8.89. The summed E-state index contributed by atoms with van der Waals surface area (Å²) in [6.45, 7) is 3.98. The Balaban J connectivity index is 1.48. The van der Waals surface area contributed by atoms with Crippen LogP contribution in [0.25, 0.3) is 10.2 Å². The van der Waals surface area contributed by atoms with Crippen molar-refractivity contribution in [2.24, 2.45) is 12.0 Å². The monoisotopic (exact) mass is 514 g/mol. The molecule has 1 aliphatic rings. The maximum atomic E-state index is 12.4. The highest BCUT2D eigenvalue weighted by Crippen LogP contribution is 2.21. The van der Waals surface area contributed by atoms with E-state index in [0.29, 0.717) is 37.6 Å². The van der Waals surface area contributed by atoms with Gasteiger partial charge in [-0.15, -0.1) is 11.8 Å². The third-order valence-corrected chi connectivity index (χ3v) is 7.09. The van der Waals surface area contributed by atoms with Gasteiger partial charge in [-0.25, -0.2) is 4.79 Å². The molecule has 0 saturated carbocycles. The second-order valence-corrected chi connectivity index (χ2v) is 9.53. The molecule has 2 aromatic rings. The smallest absolute Gasteiger partial charge is 0.409 e. The summed E-state index contributed by atoms with van der Waals surface area (Å²) in [7, 11) is 1.88. The van der Waals surface area contributed by atoms with Crippen LogP contribution in [-0.4, -0.2) is 76.6 Å². The van der Waals surface area contributed by atoms with Crippen molar-refractivity contribution < 1.29 is 19.1 Å². The van der Waals surface area contributed by atoms with Crippen molar-refractivity contribution in [2.45, 2.75) is 6.92 Å². The Morgan fingerprint density at radius 2 is 1.87 bits per heavy atom. The lowest BCUT2D eigenvalue weighted by Gasteiger charge is -2.34. The van der Waals surface area contributed by atoms with Gasteiger partial charge in [0.1, 0.15) is 0 Å². The van der Waals surface area contributed by atoms with E-state index in [2.05, 4.69) is 20.9 Å². The Labute approximate surface area is 191 Å². The molecular weight excluding hydrogens is 492 g/mol. The van der Waals surface area contributed by atoms with Crippen molar-refractivity contribution in [3.05, 3.63) is 27.5 Å². The third kappa shape index (κ3) is 5.64. The molecule has 1 saturated heterocycles. The first-order valence-corrected chi connectivity index (χ1v) is 12.2. The Bertz CT molecular complexity index is 1010. The molecule has 0 unspecified atom stereocenters. The Hall–Kier alpha value is -1.85. The summed E-state index contributed by atoms with van der Waals surface area (Å²) in [5.41, 5.74) is 1.01. The van der Waals surface area contributed by atoms with E-state index in [9.17, 15) is 14.4 Å². The highest BCUT2D eigenvalue weighted by atomic mass is 79.9. The minimum absolute atomic E-state index is 0.0337. The summed E-state index contributed by atoms with van der Waals surface area (Å²) in [5, 5.41) is 0. The highest BCUT2D eigenvalue weighted by molar-refractivity contribution is 9.10. The van der Waals surface area contributed by atoms with Crippen LogP contribution in [0.1, 0.15) is 6.92 Å². The first-order chi connectivity index (χ1) is 14.4. The Kier molecular flexibility index (Phi) is 7.95. The van der Waals surface area contributed by atoms with Gasteiger partial charge in [0, 0.05) is 37.7 Å². The summed E-state index contributed by atoms with van der Waals surface area (Å²) in [6, 6.07) is 5.93. The fourth-order valence-corrected chi connectivity index (χ4v) is 5.31. The fourth-order valence-electron chi connectivity index (χ4n) is 3.02. The van der Waals surface area contributed by atoms with Gasteiger partial charge in [-0.05, 0) is 25.1 Å². The molecule has 0 spiro atoms. The van der Waals surface area contributed by atoms with E-state index >= 15 is 0 Å². The van der Waals surface area contributed by atoms with E-state index in [1.807, 2.05) is 29.8 Å². The zero-order valence-electron chi connectivity index (χ0n) is 16.8. The number of hydrogen-bond donors (Lipinski definition) is 0. The molecule has 1 fully saturated rings. The summed E-state index contributed by atoms with van der Waals surface area (Å²) >= 11 is 6.16. The van der Waals surface area contributed by atoms with E-state index in [-0.39, 0.29) is 29.4 Å². The quantitative estimate of drug-likeness (QED) is 0.611. The number of aryl methyl sites for hydroxylation is 1. The van der Waals surface area contributed by atoms with Crippen LogP contribution in [0.3, 0.4) is 0 Å². The number of halogens is 1. The first kappa shape index (κ1) is 22.8. The van der Waals surface area contributed by atoms with Crippen molar-refractivity contribution in [1.82, 2.24) is 14.4 Å². The van der Waals surface area contributed by atoms with Gasteiger partial charge in [0.15, 0.2) is 4.80 Å². The fraction of sp³-hybridized carbons (Fsp3) is 0.474. The molecule has 0 N–H and O–H groups in total. The number of fused-ring (bicyclic) bond motifs is 1. The van der Waals surface area contributed by atoms with Crippen molar-refractivity contribution in [1.29, 1.82) is 0 Å². The molecule has 2 heterocycles. The minimum Gasteiger partial charge on any atom is -0.450 e. The number of thioether (sulfide) groups is 1. The molecule has 0 bridgehead atoms. The molecule has 0 radical (unpaired) electrons. The van der Waals surface area contributed by atoms with Crippen LogP contribution in [0.2, 0.25) is 0 Å². The number of ether oxygens (including phenoxy) is 1. The molecule has 162 valence electrons. The largest absolute Gasteiger partial charge is 0.450 e. The van der Waals surface area contributed by atoms with Crippen LogP contribution in [0.4, 0.5) is 4.79 Å². The number of piperazine rings is 1. The average Bonchev–Trinajstić information content (AvgIpc) is 3.02.